The standard InChI is InChI=1S/C18H21FN4O.C15H18F2O3.C5H8F2O/c1-21-11-18(12-21)6-7-22(13-18)17(24)15-8-20-23(10-15)9-14-2-4-16(19)5-3-14;1-20-9-11-3-2-4-12(13(11)14(18)19)10-5-7-15(16,17)8-6-10;1-5(2,3-8)4(6)7/h2-5,8,10H,6-7,9,11-13H2,1H3;2-4,10H,5-9H2,1H3,(H,18,19);3-4H,1-2H3. The fraction of sp³-hybridized carbons (Fsp3) is 0.526. The first-order valence-corrected chi connectivity index (χ1v) is 17.2. The number of likely N-dealkylation sites (tertiary alicyclic amines) is 2. The fourth-order valence-electron chi connectivity index (χ4n) is 6.88. The van der Waals surface area contributed by atoms with Gasteiger partial charge < -0.3 is 24.4 Å². The minimum atomic E-state index is -2.61. The third kappa shape index (κ3) is 10.5. The Bertz CT molecular complexity index is 1660. The van der Waals surface area contributed by atoms with E-state index in [1.54, 1.807) is 47.4 Å². The van der Waals surface area contributed by atoms with Gasteiger partial charge in [-0.3, -0.25) is 9.48 Å². The number of nitrogens with zero attached hydrogens (tertiary/aromatic N) is 4. The number of hydrogen-bond donors (Lipinski definition) is 1. The number of ether oxygens (including phenoxy) is 1. The molecule has 1 aromatic heterocycles. The number of alkyl halides is 4. The van der Waals surface area contributed by atoms with Crippen molar-refractivity contribution in [3.63, 3.8) is 0 Å². The summed E-state index contributed by atoms with van der Waals surface area (Å²) in [6, 6.07) is 11.5. The van der Waals surface area contributed by atoms with E-state index in [1.165, 1.54) is 33.1 Å². The second-order valence-corrected chi connectivity index (χ2v) is 14.7. The number of aromatic nitrogens is 2. The molecule has 2 aromatic carbocycles. The first-order valence-electron chi connectivity index (χ1n) is 17.2. The van der Waals surface area contributed by atoms with E-state index in [4.69, 9.17) is 4.74 Å². The molecule has 0 atom stereocenters. The smallest absolute Gasteiger partial charge is 0.336 e. The molecule has 1 aliphatic carbocycles. The number of aldehydes is 1. The molecule has 9 nitrogen and oxygen atoms in total. The normalized spacial score (nSPS) is 18.2. The molecule has 1 spiro atoms. The molecule has 6 rings (SSSR count). The van der Waals surface area contributed by atoms with Gasteiger partial charge in [0.25, 0.3) is 5.91 Å². The van der Waals surface area contributed by atoms with Gasteiger partial charge in [-0.05, 0) is 74.9 Å². The predicted molar refractivity (Wildman–Crippen MR) is 184 cm³/mol. The van der Waals surface area contributed by atoms with Gasteiger partial charge in [0, 0.05) is 57.7 Å². The van der Waals surface area contributed by atoms with Crippen LogP contribution in [0.25, 0.3) is 0 Å². The summed E-state index contributed by atoms with van der Waals surface area (Å²) < 4.78 is 69.3. The lowest BCUT2D eigenvalue weighted by atomic mass is 9.79. The van der Waals surface area contributed by atoms with Crippen molar-refractivity contribution in [1.82, 2.24) is 19.6 Å². The van der Waals surface area contributed by atoms with E-state index in [0.717, 1.165) is 38.2 Å². The van der Waals surface area contributed by atoms with Crippen LogP contribution in [0.2, 0.25) is 0 Å². The van der Waals surface area contributed by atoms with Crippen molar-refractivity contribution in [3.8, 4) is 0 Å². The van der Waals surface area contributed by atoms with Crippen molar-refractivity contribution in [3.05, 3.63) is 88.5 Å². The molecular formula is C38H47F5N4O5. The SMILES string of the molecule is CC(C)(C=O)C(F)F.CN1CC2(CCN(C(=O)c3cnn(Cc4ccc(F)cc4)c3)C2)C1.COCc1cccc(C2CCC(F)(F)CC2)c1C(=O)O. The van der Waals surface area contributed by atoms with Crippen molar-refractivity contribution >= 4 is 18.2 Å². The third-order valence-electron chi connectivity index (χ3n) is 9.79. The summed E-state index contributed by atoms with van der Waals surface area (Å²) in [7, 11) is 3.62. The van der Waals surface area contributed by atoms with Crippen molar-refractivity contribution in [2.24, 2.45) is 10.8 Å². The van der Waals surface area contributed by atoms with Gasteiger partial charge in [-0.15, -0.1) is 0 Å². The quantitative estimate of drug-likeness (QED) is 0.184. The molecule has 3 aliphatic rings. The molecule has 52 heavy (non-hydrogen) atoms. The van der Waals surface area contributed by atoms with E-state index in [9.17, 15) is 41.4 Å². The molecule has 1 saturated carbocycles. The monoisotopic (exact) mass is 734 g/mol. The van der Waals surface area contributed by atoms with E-state index in [1.807, 2.05) is 4.90 Å². The second kappa shape index (κ2) is 17.1. The van der Waals surface area contributed by atoms with Gasteiger partial charge in [-0.1, -0.05) is 30.3 Å². The van der Waals surface area contributed by atoms with E-state index >= 15 is 0 Å². The number of carbonyl (C=O) groups is 3. The lowest BCUT2D eigenvalue weighted by Crippen LogP contribution is -2.55. The minimum Gasteiger partial charge on any atom is -0.478 e. The molecule has 1 amide bonds. The van der Waals surface area contributed by atoms with Gasteiger partial charge in [-0.2, -0.15) is 5.10 Å². The van der Waals surface area contributed by atoms with Crippen LogP contribution in [-0.2, 0) is 22.7 Å². The van der Waals surface area contributed by atoms with Gasteiger partial charge in [0.2, 0.25) is 12.3 Å². The van der Waals surface area contributed by atoms with E-state index in [0.29, 0.717) is 41.5 Å². The first kappa shape index (κ1) is 40.6. The summed E-state index contributed by atoms with van der Waals surface area (Å²) in [5.74, 6) is -3.93. The number of amides is 1. The summed E-state index contributed by atoms with van der Waals surface area (Å²) in [5.41, 5.74) is 1.88. The van der Waals surface area contributed by atoms with Crippen molar-refractivity contribution < 1.29 is 46.2 Å². The number of methoxy groups -OCH3 is 1. The summed E-state index contributed by atoms with van der Waals surface area (Å²) in [5, 5.41) is 13.7. The van der Waals surface area contributed by atoms with Crippen LogP contribution in [0, 0.1) is 16.6 Å². The van der Waals surface area contributed by atoms with Crippen LogP contribution in [0.3, 0.4) is 0 Å². The van der Waals surface area contributed by atoms with Gasteiger partial charge in [0.1, 0.15) is 12.1 Å². The van der Waals surface area contributed by atoms with E-state index in [2.05, 4.69) is 17.0 Å². The highest BCUT2D eigenvalue weighted by molar-refractivity contribution is 5.94. The van der Waals surface area contributed by atoms with Gasteiger partial charge >= 0.3 is 5.97 Å². The molecule has 1 N–H and O–H groups in total. The van der Waals surface area contributed by atoms with Crippen LogP contribution in [0.1, 0.15) is 89.3 Å². The maximum absolute atomic E-state index is 13.2. The molecule has 14 heteroatoms. The fourth-order valence-corrected chi connectivity index (χ4v) is 6.88. The minimum absolute atomic E-state index is 0.0618. The van der Waals surface area contributed by atoms with Crippen molar-refractivity contribution in [1.29, 1.82) is 0 Å². The van der Waals surface area contributed by atoms with Crippen molar-refractivity contribution in [2.75, 3.05) is 40.3 Å². The zero-order valence-corrected chi connectivity index (χ0v) is 30.0. The Hall–Kier alpha value is -4.17. The molecule has 3 heterocycles. The van der Waals surface area contributed by atoms with Gasteiger partial charge in [0.05, 0.1) is 35.9 Å². The number of benzene rings is 2. The third-order valence-corrected chi connectivity index (χ3v) is 9.79. The molecule has 0 unspecified atom stereocenters. The van der Waals surface area contributed by atoms with Crippen LogP contribution < -0.4 is 0 Å². The number of carbonyl (C=O) groups excluding carboxylic acids is 2. The van der Waals surface area contributed by atoms with Crippen LogP contribution in [0.4, 0.5) is 22.0 Å². The highest BCUT2D eigenvalue weighted by atomic mass is 19.3. The Labute approximate surface area is 300 Å². The zero-order chi connectivity index (χ0) is 38.3. The number of carboxylic acid groups (broad SMARTS) is 1. The van der Waals surface area contributed by atoms with Crippen LogP contribution >= 0.6 is 0 Å². The highest BCUT2D eigenvalue weighted by Crippen LogP contribution is 2.42. The maximum Gasteiger partial charge on any atom is 0.336 e. The topological polar surface area (TPSA) is 105 Å². The predicted octanol–water partition coefficient (Wildman–Crippen LogP) is 7.15. The van der Waals surface area contributed by atoms with Crippen molar-refractivity contribution in [2.45, 2.75) is 77.4 Å². The summed E-state index contributed by atoms with van der Waals surface area (Å²) in [4.78, 5) is 38.2. The van der Waals surface area contributed by atoms with Crippen LogP contribution in [0.15, 0.2) is 54.9 Å². The maximum atomic E-state index is 13.2. The Kier molecular flexibility index (Phi) is 13.4. The number of halogens is 5. The van der Waals surface area contributed by atoms with E-state index < -0.39 is 23.7 Å². The largest absolute Gasteiger partial charge is 0.478 e. The summed E-state index contributed by atoms with van der Waals surface area (Å²) >= 11 is 0. The molecule has 0 bridgehead atoms. The summed E-state index contributed by atoms with van der Waals surface area (Å²) in [6.07, 6.45) is 2.50. The molecular weight excluding hydrogens is 687 g/mol. The number of carboxylic acids is 1. The summed E-state index contributed by atoms with van der Waals surface area (Å²) in [6.45, 7) is 6.98. The molecule has 284 valence electrons. The number of rotatable bonds is 9. The highest BCUT2D eigenvalue weighted by Gasteiger charge is 2.47. The first-order chi connectivity index (χ1) is 24.5. The molecule has 2 saturated heterocycles. The van der Waals surface area contributed by atoms with Gasteiger partial charge in [-0.25, -0.2) is 26.7 Å². The molecule has 0 radical (unpaired) electrons. The Morgan fingerprint density at radius 1 is 1.06 bits per heavy atom. The lowest BCUT2D eigenvalue weighted by molar-refractivity contribution is -0.121. The lowest BCUT2D eigenvalue weighted by Gasteiger charge is -2.46. The number of aromatic carboxylic acids is 1. The zero-order valence-electron chi connectivity index (χ0n) is 30.0. The average molecular weight is 735 g/mol. The Balaban J connectivity index is 0.000000196. The average Bonchev–Trinajstić information content (AvgIpc) is 3.74. The van der Waals surface area contributed by atoms with E-state index in [-0.39, 0.29) is 48.9 Å². The second-order valence-electron chi connectivity index (χ2n) is 14.7. The van der Waals surface area contributed by atoms with Gasteiger partial charge in [0.15, 0.2) is 0 Å². The molecule has 3 fully saturated rings. The number of hydrogen-bond acceptors (Lipinski definition) is 6. The van der Waals surface area contributed by atoms with Crippen LogP contribution in [0.5, 0.6) is 0 Å². The molecule has 3 aromatic rings. The Morgan fingerprint density at radius 3 is 2.25 bits per heavy atom. The molecule has 2 aliphatic heterocycles. The van der Waals surface area contributed by atoms with Crippen LogP contribution in [-0.4, -0.2) is 95.5 Å². The Morgan fingerprint density at radius 2 is 1.71 bits per heavy atom.